The highest BCUT2D eigenvalue weighted by atomic mass is 32.2. The predicted molar refractivity (Wildman–Crippen MR) is 143 cm³/mol. The Bertz CT molecular complexity index is 1290. The zero-order valence-electron chi connectivity index (χ0n) is 18.7. The molecule has 2 aromatic carbocycles. The van der Waals surface area contributed by atoms with Gasteiger partial charge in [0.15, 0.2) is 5.13 Å². The average Bonchev–Trinajstić information content (AvgIpc) is 3.44. The third-order valence-corrected chi connectivity index (χ3v) is 7.24. The smallest absolute Gasteiger partial charge is 0.337 e. The number of esters is 1. The van der Waals surface area contributed by atoms with Crippen molar-refractivity contribution in [3.05, 3.63) is 76.0 Å². The second-order valence-electron chi connectivity index (χ2n) is 7.50. The van der Waals surface area contributed by atoms with Crippen LogP contribution in [0.5, 0.6) is 0 Å². The Kier molecular flexibility index (Phi) is 8.06. The lowest BCUT2D eigenvalue weighted by molar-refractivity contribution is -0.122. The van der Waals surface area contributed by atoms with E-state index in [-0.39, 0.29) is 18.2 Å². The fourth-order valence-electron chi connectivity index (χ4n) is 3.33. The molecule has 2 heterocycles. The maximum absolute atomic E-state index is 12.8. The van der Waals surface area contributed by atoms with Gasteiger partial charge >= 0.3 is 5.97 Å². The Hall–Kier alpha value is -3.34. The lowest BCUT2D eigenvalue weighted by Crippen LogP contribution is -2.29. The third kappa shape index (κ3) is 6.21. The number of hydrogen-bond donors (Lipinski definition) is 1. The molecule has 1 N–H and O–H groups in total. The van der Waals surface area contributed by atoms with Crippen molar-refractivity contribution in [3.8, 4) is 11.3 Å². The molecular weight excluding hydrogens is 502 g/mol. The number of benzene rings is 2. The average molecular weight is 524 g/mol. The summed E-state index contributed by atoms with van der Waals surface area (Å²) in [7, 11) is 1.33. The van der Waals surface area contributed by atoms with Crippen molar-refractivity contribution < 1.29 is 19.1 Å². The van der Waals surface area contributed by atoms with Crippen LogP contribution in [0.2, 0.25) is 0 Å². The van der Waals surface area contributed by atoms with Crippen LogP contribution in [0.15, 0.2) is 64.9 Å². The molecule has 0 saturated carbocycles. The van der Waals surface area contributed by atoms with Crippen LogP contribution < -0.4 is 5.32 Å². The number of carbonyl (C=O) groups is 3. The number of methoxy groups -OCH3 is 1. The highest BCUT2D eigenvalue weighted by Crippen LogP contribution is 2.33. The Labute approximate surface area is 216 Å². The highest BCUT2D eigenvalue weighted by molar-refractivity contribution is 8.26. The van der Waals surface area contributed by atoms with Gasteiger partial charge < -0.3 is 10.1 Å². The molecule has 1 aromatic heterocycles. The summed E-state index contributed by atoms with van der Waals surface area (Å²) >= 11 is 7.97. The molecule has 10 heteroatoms. The summed E-state index contributed by atoms with van der Waals surface area (Å²) in [5, 5.41) is 5.27. The van der Waals surface area contributed by atoms with E-state index in [9.17, 15) is 14.4 Å². The Morgan fingerprint density at radius 3 is 2.60 bits per heavy atom. The van der Waals surface area contributed by atoms with Crippen molar-refractivity contribution in [2.75, 3.05) is 19.0 Å². The molecule has 1 aliphatic heterocycles. The Morgan fingerprint density at radius 2 is 1.89 bits per heavy atom. The number of ether oxygens (including phenoxy) is 1. The van der Waals surface area contributed by atoms with Gasteiger partial charge in [0.1, 0.15) is 4.32 Å². The van der Waals surface area contributed by atoms with E-state index >= 15 is 0 Å². The van der Waals surface area contributed by atoms with E-state index in [1.807, 2.05) is 35.7 Å². The van der Waals surface area contributed by atoms with Crippen molar-refractivity contribution in [1.29, 1.82) is 0 Å². The molecule has 1 aliphatic rings. The molecule has 2 amide bonds. The lowest BCUT2D eigenvalue weighted by atomic mass is 10.1. The molecule has 0 unspecified atom stereocenters. The number of nitrogens with zero attached hydrogens (tertiary/aromatic N) is 2. The number of anilines is 1. The molecule has 0 aliphatic carbocycles. The summed E-state index contributed by atoms with van der Waals surface area (Å²) in [5.41, 5.74) is 3.02. The number of amides is 2. The first-order valence-corrected chi connectivity index (χ1v) is 12.8. The predicted octanol–water partition coefficient (Wildman–Crippen LogP) is 5.22. The van der Waals surface area contributed by atoms with Gasteiger partial charge in [0.25, 0.3) is 5.91 Å². The number of rotatable bonds is 8. The Balaban J connectivity index is 1.28. The molecule has 35 heavy (non-hydrogen) atoms. The van der Waals surface area contributed by atoms with Crippen LogP contribution in [-0.4, -0.2) is 45.6 Å². The van der Waals surface area contributed by atoms with Gasteiger partial charge in [-0.05, 0) is 30.2 Å². The van der Waals surface area contributed by atoms with Gasteiger partial charge in [-0.15, -0.1) is 11.3 Å². The van der Waals surface area contributed by atoms with Crippen LogP contribution >= 0.6 is 35.3 Å². The fraction of sp³-hybridized carbons (Fsp3) is 0.160. The minimum Gasteiger partial charge on any atom is -0.465 e. The van der Waals surface area contributed by atoms with Crippen LogP contribution in [-0.2, 0) is 14.3 Å². The first kappa shape index (κ1) is 24.8. The molecule has 1 fully saturated rings. The topological polar surface area (TPSA) is 88.6 Å². The fourth-order valence-corrected chi connectivity index (χ4v) is 5.37. The first-order valence-electron chi connectivity index (χ1n) is 10.7. The van der Waals surface area contributed by atoms with E-state index in [2.05, 4.69) is 10.3 Å². The lowest BCUT2D eigenvalue weighted by Gasteiger charge is -2.13. The van der Waals surface area contributed by atoms with Crippen molar-refractivity contribution in [2.45, 2.75) is 12.8 Å². The molecule has 4 rings (SSSR count). The zero-order chi connectivity index (χ0) is 24.8. The van der Waals surface area contributed by atoms with E-state index in [1.165, 1.54) is 35.1 Å². The van der Waals surface area contributed by atoms with Crippen LogP contribution in [0.1, 0.15) is 28.8 Å². The first-order chi connectivity index (χ1) is 16.9. The number of thiazole rings is 1. The van der Waals surface area contributed by atoms with Gasteiger partial charge in [-0.25, -0.2) is 9.78 Å². The number of hydrogen-bond acceptors (Lipinski definition) is 8. The molecule has 0 atom stereocenters. The standard InChI is InChI=1S/C25H21N3O4S3/c1-32-23(31)18-11-9-16(10-12-18)14-20-22(30)28(25(33)35-20)13-5-8-21(29)27-24-26-19(15-34-24)17-6-3-2-4-7-17/h2-4,6-7,9-12,14-15H,5,8,13H2,1H3,(H,26,27,29). The minimum absolute atomic E-state index is 0.161. The second kappa shape index (κ2) is 11.4. The van der Waals surface area contributed by atoms with Gasteiger partial charge in [0.2, 0.25) is 5.91 Å². The highest BCUT2D eigenvalue weighted by Gasteiger charge is 2.31. The van der Waals surface area contributed by atoms with Crippen molar-refractivity contribution >= 4 is 68.6 Å². The monoisotopic (exact) mass is 523 g/mol. The number of thiocarbonyl (C=S) groups is 1. The van der Waals surface area contributed by atoms with E-state index < -0.39 is 5.97 Å². The van der Waals surface area contributed by atoms with Gasteiger partial charge in [0, 0.05) is 23.9 Å². The van der Waals surface area contributed by atoms with E-state index in [1.54, 1.807) is 30.3 Å². The van der Waals surface area contributed by atoms with Gasteiger partial charge in [-0.2, -0.15) is 0 Å². The largest absolute Gasteiger partial charge is 0.465 e. The van der Waals surface area contributed by atoms with Crippen molar-refractivity contribution in [1.82, 2.24) is 9.88 Å². The van der Waals surface area contributed by atoms with E-state index in [4.69, 9.17) is 17.0 Å². The molecular formula is C25H21N3O4S3. The normalized spacial score (nSPS) is 14.4. The van der Waals surface area contributed by atoms with E-state index in [0.29, 0.717) is 32.9 Å². The van der Waals surface area contributed by atoms with Crippen LogP contribution in [0.4, 0.5) is 5.13 Å². The molecule has 1 saturated heterocycles. The summed E-state index contributed by atoms with van der Waals surface area (Å²) in [6.45, 7) is 0.351. The summed E-state index contributed by atoms with van der Waals surface area (Å²) in [5.74, 6) is -0.770. The molecule has 3 aromatic rings. The molecule has 0 spiro atoms. The van der Waals surface area contributed by atoms with Crippen LogP contribution in [0, 0.1) is 0 Å². The third-order valence-electron chi connectivity index (χ3n) is 5.11. The Morgan fingerprint density at radius 1 is 1.14 bits per heavy atom. The second-order valence-corrected chi connectivity index (χ2v) is 10.0. The molecule has 178 valence electrons. The summed E-state index contributed by atoms with van der Waals surface area (Å²) in [6, 6.07) is 16.5. The van der Waals surface area contributed by atoms with E-state index in [0.717, 1.165) is 16.8 Å². The quantitative estimate of drug-likeness (QED) is 0.246. The number of carbonyl (C=O) groups excluding carboxylic acids is 3. The minimum atomic E-state index is -0.418. The number of nitrogens with one attached hydrogen (secondary N) is 1. The van der Waals surface area contributed by atoms with Crippen LogP contribution in [0.25, 0.3) is 17.3 Å². The molecule has 0 bridgehead atoms. The maximum atomic E-state index is 12.8. The van der Waals surface area contributed by atoms with Gasteiger partial charge in [-0.1, -0.05) is 66.4 Å². The zero-order valence-corrected chi connectivity index (χ0v) is 21.2. The molecule has 7 nitrogen and oxygen atoms in total. The summed E-state index contributed by atoms with van der Waals surface area (Å²) in [6.07, 6.45) is 2.45. The SMILES string of the molecule is COC(=O)c1ccc(C=C2SC(=S)N(CCCC(=O)Nc3nc(-c4ccccc4)cs3)C2=O)cc1. The van der Waals surface area contributed by atoms with Gasteiger partial charge in [0.05, 0.1) is 23.3 Å². The summed E-state index contributed by atoms with van der Waals surface area (Å²) in [4.78, 5) is 43.2. The summed E-state index contributed by atoms with van der Waals surface area (Å²) < 4.78 is 5.15. The van der Waals surface area contributed by atoms with Crippen molar-refractivity contribution in [3.63, 3.8) is 0 Å². The molecule has 0 radical (unpaired) electrons. The number of aromatic nitrogens is 1. The van der Waals surface area contributed by atoms with Gasteiger partial charge in [-0.3, -0.25) is 14.5 Å². The number of thioether (sulfide) groups is 1. The van der Waals surface area contributed by atoms with Crippen LogP contribution in [0.3, 0.4) is 0 Å². The van der Waals surface area contributed by atoms with Crippen molar-refractivity contribution in [2.24, 2.45) is 0 Å². The maximum Gasteiger partial charge on any atom is 0.337 e.